The van der Waals surface area contributed by atoms with Crippen LogP contribution in [0, 0.1) is 6.92 Å². The van der Waals surface area contributed by atoms with Gasteiger partial charge in [-0.15, -0.1) is 0 Å². The van der Waals surface area contributed by atoms with Crippen molar-refractivity contribution in [2.24, 2.45) is 0 Å². The summed E-state index contributed by atoms with van der Waals surface area (Å²) in [5.41, 5.74) is 2.92. The number of hydrogen-bond donors (Lipinski definition) is 0. The van der Waals surface area contributed by atoms with E-state index in [1.165, 1.54) is 0 Å². The summed E-state index contributed by atoms with van der Waals surface area (Å²) in [5.74, 6) is 1.67. The van der Waals surface area contributed by atoms with Gasteiger partial charge in [0.2, 0.25) is 0 Å². The molecule has 8 nitrogen and oxygen atoms in total. The Hall–Kier alpha value is -3.78. The van der Waals surface area contributed by atoms with Gasteiger partial charge in [-0.3, -0.25) is 9.69 Å². The normalized spacial score (nSPS) is 14.9. The molecule has 1 saturated heterocycles. The third-order valence-electron chi connectivity index (χ3n) is 5.85. The molecule has 1 aliphatic heterocycles. The minimum Gasteiger partial charge on any atom is -0.360 e. The fourth-order valence-electron chi connectivity index (χ4n) is 4.12. The summed E-state index contributed by atoms with van der Waals surface area (Å²) in [6, 6.07) is 19.4. The lowest BCUT2D eigenvalue weighted by molar-refractivity contribution is 0.0760. The monoisotopic (exact) mass is 443 g/mol. The van der Waals surface area contributed by atoms with Crippen LogP contribution >= 0.6 is 0 Å². The van der Waals surface area contributed by atoms with Gasteiger partial charge in [-0.1, -0.05) is 58.8 Å². The first-order valence-corrected chi connectivity index (χ1v) is 11.1. The fraction of sp³-hybridized carbons (Fsp3) is 0.280. The van der Waals surface area contributed by atoms with Crippen LogP contribution in [0.4, 0.5) is 0 Å². The lowest BCUT2D eigenvalue weighted by Crippen LogP contribution is -2.35. The van der Waals surface area contributed by atoms with Crippen LogP contribution in [0.1, 0.15) is 28.4 Å². The highest BCUT2D eigenvalue weighted by atomic mass is 16.5. The van der Waals surface area contributed by atoms with Crippen molar-refractivity contribution < 1.29 is 13.8 Å². The summed E-state index contributed by atoms with van der Waals surface area (Å²) in [6.07, 6.45) is 0.861. The Labute approximate surface area is 191 Å². The van der Waals surface area contributed by atoms with E-state index in [9.17, 15) is 4.79 Å². The van der Waals surface area contributed by atoms with Gasteiger partial charge in [-0.2, -0.15) is 4.98 Å². The van der Waals surface area contributed by atoms with Crippen molar-refractivity contribution in [3.05, 3.63) is 77.8 Å². The molecule has 168 valence electrons. The topological polar surface area (TPSA) is 88.5 Å². The molecule has 0 aliphatic carbocycles. The van der Waals surface area contributed by atoms with E-state index < -0.39 is 0 Å². The summed E-state index contributed by atoms with van der Waals surface area (Å²) in [6.45, 7) is 5.24. The van der Waals surface area contributed by atoms with Gasteiger partial charge in [0.25, 0.3) is 11.8 Å². The third kappa shape index (κ3) is 4.56. The molecule has 1 aliphatic rings. The Balaban J connectivity index is 1.26. The van der Waals surface area contributed by atoms with Crippen LogP contribution in [0.3, 0.4) is 0 Å². The zero-order valence-electron chi connectivity index (χ0n) is 18.5. The van der Waals surface area contributed by atoms with Gasteiger partial charge in [0, 0.05) is 37.3 Å². The molecule has 1 fully saturated rings. The molecular formula is C25H25N5O3. The van der Waals surface area contributed by atoms with Gasteiger partial charge in [0.1, 0.15) is 17.0 Å². The molecule has 5 rings (SSSR count). The molecule has 0 saturated carbocycles. The third-order valence-corrected chi connectivity index (χ3v) is 5.85. The average molecular weight is 444 g/mol. The van der Waals surface area contributed by atoms with Crippen LogP contribution in [0.25, 0.3) is 22.7 Å². The smallest absolute Gasteiger partial charge is 0.259 e. The molecule has 2 aromatic heterocycles. The Kier molecular flexibility index (Phi) is 5.99. The minimum absolute atomic E-state index is 0.0413. The summed E-state index contributed by atoms with van der Waals surface area (Å²) >= 11 is 0. The number of amides is 1. The van der Waals surface area contributed by atoms with E-state index in [1.54, 1.807) is 6.92 Å². The molecule has 0 spiro atoms. The second kappa shape index (κ2) is 9.38. The van der Waals surface area contributed by atoms with Crippen LogP contribution in [0.15, 0.2) is 69.7 Å². The predicted molar refractivity (Wildman–Crippen MR) is 122 cm³/mol. The molecule has 0 radical (unpaired) electrons. The average Bonchev–Trinajstić information content (AvgIpc) is 3.40. The Morgan fingerprint density at radius 3 is 2.36 bits per heavy atom. The summed E-state index contributed by atoms with van der Waals surface area (Å²) in [7, 11) is 0. The number of carbonyl (C=O) groups is 1. The largest absolute Gasteiger partial charge is 0.360 e. The first kappa shape index (κ1) is 21.1. The molecule has 0 N–H and O–H groups in total. The van der Waals surface area contributed by atoms with E-state index in [2.05, 4.69) is 20.2 Å². The zero-order chi connectivity index (χ0) is 22.6. The van der Waals surface area contributed by atoms with Crippen LogP contribution in [-0.4, -0.2) is 57.2 Å². The van der Waals surface area contributed by atoms with Crippen molar-refractivity contribution in [1.82, 2.24) is 25.1 Å². The number of benzene rings is 2. The number of aromatic nitrogens is 3. The highest BCUT2D eigenvalue weighted by Gasteiger charge is 2.28. The standard InChI is InChI=1S/C25H25N5O3/c1-18-22(23(28-32-18)19-9-4-2-5-10-19)25(31)30-14-8-13-29(15-16-30)17-21-26-24(33-27-21)20-11-6-3-7-12-20/h2-7,9-12H,8,13-17H2,1H3. The highest BCUT2D eigenvalue weighted by Crippen LogP contribution is 2.27. The van der Waals surface area contributed by atoms with Crippen molar-refractivity contribution in [3.8, 4) is 22.7 Å². The van der Waals surface area contributed by atoms with E-state index in [0.717, 1.165) is 30.6 Å². The number of carbonyl (C=O) groups excluding carboxylic acids is 1. The van der Waals surface area contributed by atoms with Gasteiger partial charge < -0.3 is 13.9 Å². The molecule has 4 aromatic rings. The summed E-state index contributed by atoms with van der Waals surface area (Å²) in [4.78, 5) is 22.1. The molecule has 0 atom stereocenters. The molecule has 33 heavy (non-hydrogen) atoms. The molecule has 3 heterocycles. The van der Waals surface area contributed by atoms with Gasteiger partial charge >= 0.3 is 0 Å². The van der Waals surface area contributed by atoms with E-state index in [0.29, 0.717) is 48.4 Å². The number of rotatable bonds is 5. The van der Waals surface area contributed by atoms with Crippen LogP contribution < -0.4 is 0 Å². The number of aryl methyl sites for hydroxylation is 1. The quantitative estimate of drug-likeness (QED) is 0.460. The van der Waals surface area contributed by atoms with Gasteiger partial charge in [-0.05, 0) is 25.5 Å². The maximum absolute atomic E-state index is 13.4. The van der Waals surface area contributed by atoms with Gasteiger partial charge in [0.05, 0.1) is 6.54 Å². The van der Waals surface area contributed by atoms with E-state index in [-0.39, 0.29) is 5.91 Å². The molecule has 0 unspecified atom stereocenters. The summed E-state index contributed by atoms with van der Waals surface area (Å²) in [5, 5.41) is 8.30. The Morgan fingerprint density at radius 2 is 1.61 bits per heavy atom. The lowest BCUT2D eigenvalue weighted by atomic mass is 10.1. The molecule has 0 bridgehead atoms. The van der Waals surface area contributed by atoms with Crippen LogP contribution in [0.5, 0.6) is 0 Å². The second-order valence-electron chi connectivity index (χ2n) is 8.13. The highest BCUT2D eigenvalue weighted by molar-refractivity contribution is 6.00. The summed E-state index contributed by atoms with van der Waals surface area (Å²) < 4.78 is 10.8. The van der Waals surface area contributed by atoms with E-state index in [4.69, 9.17) is 9.05 Å². The maximum atomic E-state index is 13.4. The van der Waals surface area contributed by atoms with E-state index in [1.807, 2.05) is 65.6 Å². The first-order valence-electron chi connectivity index (χ1n) is 11.1. The second-order valence-corrected chi connectivity index (χ2v) is 8.13. The van der Waals surface area contributed by atoms with E-state index >= 15 is 0 Å². The van der Waals surface area contributed by atoms with Crippen LogP contribution in [0.2, 0.25) is 0 Å². The van der Waals surface area contributed by atoms with Crippen molar-refractivity contribution >= 4 is 5.91 Å². The van der Waals surface area contributed by atoms with Crippen molar-refractivity contribution in [1.29, 1.82) is 0 Å². The molecule has 8 heteroatoms. The van der Waals surface area contributed by atoms with Gasteiger partial charge in [0.15, 0.2) is 5.82 Å². The number of nitrogens with zero attached hydrogens (tertiary/aromatic N) is 5. The minimum atomic E-state index is -0.0413. The Morgan fingerprint density at radius 1 is 0.879 bits per heavy atom. The number of hydrogen-bond acceptors (Lipinski definition) is 7. The SMILES string of the molecule is Cc1onc(-c2ccccc2)c1C(=O)N1CCCN(Cc2noc(-c3ccccc3)n2)CC1. The first-order chi connectivity index (χ1) is 16.2. The maximum Gasteiger partial charge on any atom is 0.259 e. The fourth-order valence-corrected chi connectivity index (χ4v) is 4.12. The molecular weight excluding hydrogens is 418 g/mol. The lowest BCUT2D eigenvalue weighted by Gasteiger charge is -2.21. The van der Waals surface area contributed by atoms with Crippen molar-refractivity contribution in [2.45, 2.75) is 19.9 Å². The predicted octanol–water partition coefficient (Wildman–Crippen LogP) is 4.05. The van der Waals surface area contributed by atoms with Gasteiger partial charge in [-0.25, -0.2) is 0 Å². The van der Waals surface area contributed by atoms with Crippen LogP contribution in [-0.2, 0) is 6.54 Å². The van der Waals surface area contributed by atoms with Crippen molar-refractivity contribution in [3.63, 3.8) is 0 Å². The zero-order valence-corrected chi connectivity index (χ0v) is 18.5. The molecule has 1 amide bonds. The molecule has 2 aromatic carbocycles. The van der Waals surface area contributed by atoms with Crippen molar-refractivity contribution in [2.75, 3.05) is 26.2 Å². The Bertz CT molecular complexity index is 1220.